The molecule has 0 saturated carbocycles. The standard InChI is InChI=1S/C25H22Cl2O2.Zr/c1-14-16(9-11-18(14)24-20(26)5-3-7-22(24)28)13-17-10-12-19(15(17)2)25-21(27)6-4-8-23(25)29;/h3-10,28-29H,11-13H2,1-2H3;. The molecular formula is C25H22Cl2O2Zr. The summed E-state index contributed by atoms with van der Waals surface area (Å²) in [5.41, 5.74) is 8.43. The minimum atomic E-state index is 0. The summed E-state index contributed by atoms with van der Waals surface area (Å²) in [6.07, 6.45) is 6.75. The van der Waals surface area contributed by atoms with Crippen molar-refractivity contribution in [2.75, 3.05) is 0 Å². The Morgan fingerprint density at radius 1 is 0.733 bits per heavy atom. The molecule has 2 aromatic carbocycles. The molecule has 0 heterocycles. The van der Waals surface area contributed by atoms with Crippen LogP contribution in [0.5, 0.6) is 11.5 Å². The van der Waals surface area contributed by atoms with Crippen molar-refractivity contribution >= 4 is 34.3 Å². The third-order valence-corrected chi connectivity index (χ3v) is 6.57. The topological polar surface area (TPSA) is 40.5 Å². The third kappa shape index (κ3) is 4.13. The molecule has 30 heavy (non-hydrogen) atoms. The molecule has 0 aliphatic heterocycles. The Morgan fingerprint density at radius 3 is 1.50 bits per heavy atom. The summed E-state index contributed by atoms with van der Waals surface area (Å²) in [4.78, 5) is 0. The van der Waals surface area contributed by atoms with E-state index in [9.17, 15) is 10.2 Å². The zero-order valence-electron chi connectivity index (χ0n) is 16.9. The van der Waals surface area contributed by atoms with Crippen LogP contribution in [0.1, 0.15) is 44.2 Å². The van der Waals surface area contributed by atoms with Crippen LogP contribution in [0.2, 0.25) is 10.0 Å². The van der Waals surface area contributed by atoms with Crippen molar-refractivity contribution in [1.29, 1.82) is 0 Å². The molecule has 0 aromatic heterocycles. The molecule has 0 fully saturated rings. The molecule has 2 aliphatic rings. The molecule has 0 radical (unpaired) electrons. The zero-order valence-corrected chi connectivity index (χ0v) is 20.9. The molecule has 0 bridgehead atoms. The number of phenolic OH excluding ortho intramolecular Hbond substituents is 2. The van der Waals surface area contributed by atoms with Crippen molar-refractivity contribution in [2.24, 2.45) is 0 Å². The smallest absolute Gasteiger partial charge is 0.124 e. The average molecular weight is 517 g/mol. The number of hydrogen-bond donors (Lipinski definition) is 2. The first-order valence-corrected chi connectivity index (χ1v) is 10.4. The maximum Gasteiger partial charge on any atom is 0.124 e. The predicted octanol–water partition coefficient (Wildman–Crippen LogP) is 7.70. The Bertz CT molecular complexity index is 1010. The van der Waals surface area contributed by atoms with Gasteiger partial charge in [0.05, 0.1) is 10.0 Å². The van der Waals surface area contributed by atoms with Gasteiger partial charge in [0.2, 0.25) is 0 Å². The summed E-state index contributed by atoms with van der Waals surface area (Å²) in [7, 11) is 0. The van der Waals surface area contributed by atoms with Gasteiger partial charge < -0.3 is 10.2 Å². The van der Waals surface area contributed by atoms with Gasteiger partial charge in [-0.05, 0) is 90.8 Å². The maximum absolute atomic E-state index is 10.3. The Balaban J connectivity index is 0.00000256. The van der Waals surface area contributed by atoms with Crippen molar-refractivity contribution in [3.05, 3.63) is 92.0 Å². The molecule has 5 heteroatoms. The van der Waals surface area contributed by atoms with Crippen molar-refractivity contribution in [2.45, 2.75) is 33.1 Å². The van der Waals surface area contributed by atoms with Gasteiger partial charge in [0, 0.05) is 37.3 Å². The summed E-state index contributed by atoms with van der Waals surface area (Å²) in [5.74, 6) is 0.434. The van der Waals surface area contributed by atoms with E-state index in [0.29, 0.717) is 10.0 Å². The monoisotopic (exact) mass is 514 g/mol. The molecule has 0 unspecified atom stereocenters. The molecule has 0 saturated heterocycles. The van der Waals surface area contributed by atoms with E-state index in [2.05, 4.69) is 26.0 Å². The van der Waals surface area contributed by atoms with E-state index in [-0.39, 0.29) is 37.7 Å². The third-order valence-electron chi connectivity index (χ3n) is 5.94. The second-order valence-electron chi connectivity index (χ2n) is 7.52. The Hall–Kier alpha value is -1.54. The summed E-state index contributed by atoms with van der Waals surface area (Å²) in [6, 6.07) is 10.5. The molecule has 2 aliphatic carbocycles. The van der Waals surface area contributed by atoms with Crippen LogP contribution in [-0.2, 0) is 26.2 Å². The maximum atomic E-state index is 10.3. The van der Waals surface area contributed by atoms with E-state index >= 15 is 0 Å². The van der Waals surface area contributed by atoms with Crippen LogP contribution in [0.15, 0.2) is 70.8 Å². The summed E-state index contributed by atoms with van der Waals surface area (Å²) in [5, 5.41) is 21.7. The van der Waals surface area contributed by atoms with Crippen LogP contribution in [0.3, 0.4) is 0 Å². The van der Waals surface area contributed by atoms with Gasteiger partial charge in [-0.1, -0.05) is 47.5 Å². The number of allylic oxidation sites excluding steroid dienone is 8. The molecule has 152 valence electrons. The Labute approximate surface area is 206 Å². The van der Waals surface area contributed by atoms with Crippen molar-refractivity contribution in [3.8, 4) is 11.5 Å². The van der Waals surface area contributed by atoms with Crippen LogP contribution in [-0.4, -0.2) is 10.2 Å². The molecule has 4 rings (SSSR count). The van der Waals surface area contributed by atoms with Gasteiger partial charge in [-0.15, -0.1) is 0 Å². The molecular weight excluding hydrogens is 494 g/mol. The van der Waals surface area contributed by atoms with Gasteiger partial charge in [-0.3, -0.25) is 0 Å². The molecule has 0 amide bonds. The molecule has 0 spiro atoms. The normalized spacial score (nSPS) is 16.0. The fraction of sp³-hybridized carbons (Fsp3) is 0.200. The van der Waals surface area contributed by atoms with Crippen LogP contribution in [0, 0.1) is 0 Å². The van der Waals surface area contributed by atoms with Crippen LogP contribution < -0.4 is 0 Å². The van der Waals surface area contributed by atoms with Crippen LogP contribution >= 0.6 is 23.2 Å². The van der Waals surface area contributed by atoms with Crippen LogP contribution in [0.4, 0.5) is 0 Å². The number of phenols is 2. The summed E-state index contributed by atoms with van der Waals surface area (Å²) < 4.78 is 0. The van der Waals surface area contributed by atoms with Crippen LogP contribution in [0.25, 0.3) is 11.1 Å². The largest absolute Gasteiger partial charge is 0.507 e. The second kappa shape index (κ2) is 9.30. The Morgan fingerprint density at radius 2 is 1.13 bits per heavy atom. The van der Waals surface area contributed by atoms with Gasteiger partial charge in [0.15, 0.2) is 0 Å². The first kappa shape index (κ1) is 23.1. The number of rotatable bonds is 4. The van der Waals surface area contributed by atoms with E-state index in [0.717, 1.165) is 52.7 Å². The van der Waals surface area contributed by atoms with E-state index in [1.54, 1.807) is 24.3 Å². The fourth-order valence-electron chi connectivity index (χ4n) is 4.27. The SMILES string of the molecule is CC1=C(c2c(O)cccc2Cl)CC=C1CC1=CCC(c2c(O)cccc2Cl)=C1C.[Zr]. The van der Waals surface area contributed by atoms with E-state index in [1.807, 2.05) is 12.1 Å². The fourth-order valence-corrected chi connectivity index (χ4v) is 4.83. The van der Waals surface area contributed by atoms with Crippen molar-refractivity contribution in [3.63, 3.8) is 0 Å². The molecule has 2 nitrogen and oxygen atoms in total. The van der Waals surface area contributed by atoms with Gasteiger partial charge >= 0.3 is 0 Å². The van der Waals surface area contributed by atoms with Gasteiger partial charge in [-0.2, -0.15) is 0 Å². The number of hydrogen-bond acceptors (Lipinski definition) is 2. The first-order valence-electron chi connectivity index (χ1n) is 9.62. The Kier molecular flexibility index (Phi) is 7.18. The average Bonchev–Trinajstić information content (AvgIpc) is 3.20. The van der Waals surface area contributed by atoms with Crippen molar-refractivity contribution in [1.82, 2.24) is 0 Å². The van der Waals surface area contributed by atoms with Gasteiger partial charge in [0.1, 0.15) is 11.5 Å². The van der Waals surface area contributed by atoms with Gasteiger partial charge in [0.25, 0.3) is 0 Å². The first-order chi connectivity index (χ1) is 13.9. The number of benzene rings is 2. The summed E-state index contributed by atoms with van der Waals surface area (Å²) >= 11 is 12.7. The molecule has 2 aromatic rings. The van der Waals surface area contributed by atoms with E-state index < -0.39 is 0 Å². The quantitative estimate of drug-likeness (QED) is 0.437. The number of aromatic hydroxyl groups is 2. The van der Waals surface area contributed by atoms with Crippen molar-refractivity contribution < 1.29 is 36.4 Å². The summed E-state index contributed by atoms with van der Waals surface area (Å²) in [6.45, 7) is 4.18. The zero-order chi connectivity index (χ0) is 20.7. The predicted molar refractivity (Wildman–Crippen MR) is 121 cm³/mol. The second-order valence-corrected chi connectivity index (χ2v) is 8.33. The minimum absolute atomic E-state index is 0. The van der Waals surface area contributed by atoms with Gasteiger partial charge in [-0.25, -0.2) is 0 Å². The minimum Gasteiger partial charge on any atom is -0.507 e. The molecule has 0 atom stereocenters. The van der Waals surface area contributed by atoms with E-state index in [1.165, 1.54) is 11.1 Å². The van der Waals surface area contributed by atoms with E-state index in [4.69, 9.17) is 23.2 Å². The number of halogens is 2. The molecule has 2 N–H and O–H groups in total.